The molecule has 2 amide bonds. The molecule has 0 aliphatic heterocycles. The van der Waals surface area contributed by atoms with E-state index in [9.17, 15) is 19.5 Å². The van der Waals surface area contributed by atoms with E-state index >= 15 is 0 Å². The predicted octanol–water partition coefficient (Wildman–Crippen LogP) is 4.43. The molecule has 0 bridgehead atoms. The molecule has 1 heterocycles. The molecule has 146 valence electrons. The number of carbonyl (C=O) groups excluding carboxylic acids is 2. The number of anilines is 1. The number of aliphatic carboxylic acids is 1. The van der Waals surface area contributed by atoms with E-state index < -0.39 is 29.6 Å². The Morgan fingerprint density at radius 1 is 1.11 bits per heavy atom. The monoisotopic (exact) mass is 438 g/mol. The normalized spacial score (nSPS) is 18.6. The summed E-state index contributed by atoms with van der Waals surface area (Å²) in [6.45, 7) is 0. The fourth-order valence-electron chi connectivity index (χ4n) is 3.18. The van der Waals surface area contributed by atoms with Crippen LogP contribution in [0.25, 0.3) is 11.1 Å². The Labute approximate surface area is 174 Å². The highest BCUT2D eigenvalue weighted by molar-refractivity contribution is 7.15. The molecular weight excluding hydrogens is 423 g/mol. The maximum Gasteiger partial charge on any atom is 0.307 e. The van der Waals surface area contributed by atoms with Gasteiger partial charge in [-0.3, -0.25) is 14.4 Å². The molecule has 4 N–H and O–H groups in total. The molecule has 2 atom stereocenters. The van der Waals surface area contributed by atoms with Gasteiger partial charge in [-0.15, -0.1) is 11.3 Å². The quantitative estimate of drug-likeness (QED) is 0.599. The Hall–Kier alpha value is -2.35. The highest BCUT2D eigenvalue weighted by Crippen LogP contribution is 2.40. The van der Waals surface area contributed by atoms with E-state index in [2.05, 4.69) is 5.32 Å². The molecule has 1 aliphatic rings. The number of thiophene rings is 1. The summed E-state index contributed by atoms with van der Waals surface area (Å²) in [6, 6.07) is 4.84. The number of nitrogens with one attached hydrogen (secondary N) is 1. The van der Waals surface area contributed by atoms with E-state index in [0.717, 1.165) is 11.3 Å². The van der Waals surface area contributed by atoms with Crippen molar-refractivity contribution < 1.29 is 19.5 Å². The SMILES string of the molecule is NC(=O)c1c(-c2ccc(Cl)cc2Cl)csc1NC(=O)[C@@H]1CC=CC[C@H]1C(=O)O. The molecule has 3 rings (SSSR count). The van der Waals surface area contributed by atoms with Gasteiger partial charge in [-0.1, -0.05) is 41.4 Å². The summed E-state index contributed by atoms with van der Waals surface area (Å²) in [5.41, 5.74) is 6.71. The third-order valence-electron chi connectivity index (χ3n) is 4.58. The second-order valence-electron chi connectivity index (χ2n) is 6.33. The van der Waals surface area contributed by atoms with Crippen molar-refractivity contribution in [3.63, 3.8) is 0 Å². The molecule has 0 radical (unpaired) electrons. The smallest absolute Gasteiger partial charge is 0.307 e. The molecular formula is C19H16Cl2N2O4S. The molecule has 0 spiro atoms. The van der Waals surface area contributed by atoms with Crippen molar-refractivity contribution in [1.29, 1.82) is 0 Å². The zero-order chi connectivity index (χ0) is 20.4. The van der Waals surface area contributed by atoms with Gasteiger partial charge in [0.15, 0.2) is 0 Å². The molecule has 0 saturated heterocycles. The van der Waals surface area contributed by atoms with Crippen LogP contribution < -0.4 is 11.1 Å². The number of allylic oxidation sites excluding steroid dienone is 2. The molecule has 0 saturated carbocycles. The first kappa shape index (κ1) is 20.4. The van der Waals surface area contributed by atoms with E-state index in [1.54, 1.807) is 35.7 Å². The van der Waals surface area contributed by atoms with Crippen molar-refractivity contribution in [2.45, 2.75) is 12.8 Å². The van der Waals surface area contributed by atoms with Gasteiger partial charge in [0.05, 0.1) is 17.4 Å². The van der Waals surface area contributed by atoms with Crippen molar-refractivity contribution >= 4 is 57.3 Å². The number of hydrogen-bond acceptors (Lipinski definition) is 4. The third kappa shape index (κ3) is 4.06. The fraction of sp³-hybridized carbons (Fsp3) is 0.211. The van der Waals surface area contributed by atoms with Gasteiger partial charge in [0.2, 0.25) is 5.91 Å². The summed E-state index contributed by atoms with van der Waals surface area (Å²) in [5.74, 6) is -3.76. The molecule has 1 aromatic heterocycles. The lowest BCUT2D eigenvalue weighted by Gasteiger charge is -2.24. The molecule has 1 aromatic carbocycles. The highest BCUT2D eigenvalue weighted by Gasteiger charge is 2.34. The molecule has 0 unspecified atom stereocenters. The predicted molar refractivity (Wildman–Crippen MR) is 110 cm³/mol. The van der Waals surface area contributed by atoms with E-state index in [1.807, 2.05) is 0 Å². The number of halogens is 2. The molecule has 0 fully saturated rings. The van der Waals surface area contributed by atoms with Crippen LogP contribution in [0.15, 0.2) is 35.7 Å². The van der Waals surface area contributed by atoms with Gasteiger partial charge < -0.3 is 16.2 Å². The Bertz CT molecular complexity index is 986. The number of amides is 2. The lowest BCUT2D eigenvalue weighted by Crippen LogP contribution is -2.35. The number of carboxylic acids is 1. The van der Waals surface area contributed by atoms with Gasteiger partial charge in [-0.25, -0.2) is 0 Å². The average Bonchev–Trinajstić information content (AvgIpc) is 3.05. The van der Waals surface area contributed by atoms with E-state index in [-0.39, 0.29) is 17.0 Å². The lowest BCUT2D eigenvalue weighted by atomic mass is 9.82. The Morgan fingerprint density at radius 2 is 1.79 bits per heavy atom. The summed E-state index contributed by atoms with van der Waals surface area (Å²) in [5, 5.41) is 14.8. The number of rotatable bonds is 5. The lowest BCUT2D eigenvalue weighted by molar-refractivity contribution is -0.146. The van der Waals surface area contributed by atoms with Crippen LogP contribution in [0.3, 0.4) is 0 Å². The number of nitrogens with two attached hydrogens (primary N) is 1. The largest absolute Gasteiger partial charge is 0.481 e. The van der Waals surface area contributed by atoms with E-state index in [4.69, 9.17) is 28.9 Å². The van der Waals surface area contributed by atoms with Crippen molar-refractivity contribution in [3.05, 3.63) is 51.3 Å². The standard InChI is InChI=1S/C19H16Cl2N2O4S/c20-9-5-6-10(14(21)7-9)13-8-28-18(15(13)16(22)24)23-17(25)11-3-1-2-4-12(11)19(26)27/h1-2,5-8,11-12H,3-4H2,(H2,22,24)(H,23,25)(H,26,27)/t11-,12-/m1/s1. The molecule has 6 nitrogen and oxygen atoms in total. The minimum Gasteiger partial charge on any atom is -0.481 e. The molecule has 1 aliphatic carbocycles. The average molecular weight is 439 g/mol. The van der Waals surface area contributed by atoms with Gasteiger partial charge in [-0.2, -0.15) is 0 Å². The Morgan fingerprint density at radius 3 is 2.39 bits per heavy atom. The van der Waals surface area contributed by atoms with Crippen molar-refractivity contribution in [1.82, 2.24) is 0 Å². The summed E-state index contributed by atoms with van der Waals surface area (Å²) in [7, 11) is 0. The Kier molecular flexibility index (Phi) is 6.07. The maximum atomic E-state index is 12.7. The van der Waals surface area contributed by atoms with Crippen LogP contribution in [0.2, 0.25) is 10.0 Å². The van der Waals surface area contributed by atoms with Crippen molar-refractivity contribution in [2.75, 3.05) is 5.32 Å². The maximum absolute atomic E-state index is 12.7. The first-order valence-electron chi connectivity index (χ1n) is 8.35. The van der Waals surface area contributed by atoms with Gasteiger partial charge >= 0.3 is 5.97 Å². The number of carbonyl (C=O) groups is 3. The zero-order valence-electron chi connectivity index (χ0n) is 14.4. The van der Waals surface area contributed by atoms with Gasteiger partial charge in [0.1, 0.15) is 5.00 Å². The first-order chi connectivity index (χ1) is 13.3. The molecule has 9 heteroatoms. The zero-order valence-corrected chi connectivity index (χ0v) is 16.8. The second kappa shape index (κ2) is 8.34. The van der Waals surface area contributed by atoms with Crippen LogP contribution in [0.1, 0.15) is 23.2 Å². The number of hydrogen-bond donors (Lipinski definition) is 3. The van der Waals surface area contributed by atoms with Crippen LogP contribution in [-0.4, -0.2) is 22.9 Å². The Balaban J connectivity index is 1.94. The van der Waals surface area contributed by atoms with Crippen LogP contribution in [0, 0.1) is 11.8 Å². The molecule has 2 aromatic rings. The highest BCUT2D eigenvalue weighted by atomic mass is 35.5. The van der Waals surface area contributed by atoms with Crippen LogP contribution in [0.4, 0.5) is 5.00 Å². The summed E-state index contributed by atoms with van der Waals surface area (Å²) in [6.07, 6.45) is 4.14. The summed E-state index contributed by atoms with van der Waals surface area (Å²) in [4.78, 5) is 36.2. The fourth-order valence-corrected chi connectivity index (χ4v) is 4.66. The van der Waals surface area contributed by atoms with Crippen LogP contribution >= 0.6 is 34.5 Å². The van der Waals surface area contributed by atoms with E-state index in [1.165, 1.54) is 0 Å². The van der Waals surface area contributed by atoms with Crippen LogP contribution in [0.5, 0.6) is 0 Å². The molecule has 28 heavy (non-hydrogen) atoms. The van der Waals surface area contributed by atoms with Crippen molar-refractivity contribution in [3.8, 4) is 11.1 Å². The van der Waals surface area contributed by atoms with Crippen molar-refractivity contribution in [2.24, 2.45) is 17.6 Å². The first-order valence-corrected chi connectivity index (χ1v) is 9.98. The minimum atomic E-state index is -1.03. The topological polar surface area (TPSA) is 109 Å². The third-order valence-corrected chi connectivity index (χ3v) is 6.03. The number of benzene rings is 1. The van der Waals surface area contributed by atoms with E-state index in [0.29, 0.717) is 27.6 Å². The number of carboxylic acid groups (broad SMARTS) is 1. The summed E-state index contributed by atoms with van der Waals surface area (Å²) >= 11 is 13.3. The van der Waals surface area contributed by atoms with Gasteiger partial charge in [0, 0.05) is 26.6 Å². The van der Waals surface area contributed by atoms with Crippen LogP contribution in [-0.2, 0) is 9.59 Å². The summed E-state index contributed by atoms with van der Waals surface area (Å²) < 4.78 is 0. The minimum absolute atomic E-state index is 0.126. The van der Waals surface area contributed by atoms with Gasteiger partial charge in [-0.05, 0) is 25.0 Å². The number of primary amides is 1. The second-order valence-corrected chi connectivity index (χ2v) is 8.05. The van der Waals surface area contributed by atoms with Gasteiger partial charge in [0.25, 0.3) is 5.91 Å².